The lowest BCUT2D eigenvalue weighted by Gasteiger charge is -2.26. The molecule has 1 amide bonds. The van der Waals surface area contributed by atoms with Gasteiger partial charge in [0.1, 0.15) is 6.54 Å². The van der Waals surface area contributed by atoms with Gasteiger partial charge in [-0.25, -0.2) is 0 Å². The summed E-state index contributed by atoms with van der Waals surface area (Å²) in [6, 6.07) is -1.44. The zero-order chi connectivity index (χ0) is 14.3. The van der Waals surface area contributed by atoms with Crippen molar-refractivity contribution in [1.29, 1.82) is 0 Å². The summed E-state index contributed by atoms with van der Waals surface area (Å²) >= 11 is 0. The van der Waals surface area contributed by atoms with E-state index in [0.29, 0.717) is 17.7 Å². The molecule has 5 nitrogen and oxygen atoms in total. The van der Waals surface area contributed by atoms with E-state index in [4.69, 9.17) is 10.8 Å². The van der Waals surface area contributed by atoms with E-state index in [0.717, 1.165) is 0 Å². The molecule has 8 heteroatoms. The Labute approximate surface area is 103 Å². The summed E-state index contributed by atoms with van der Waals surface area (Å²) in [7, 11) is 0. The fourth-order valence-corrected chi connectivity index (χ4v) is 1.34. The first-order chi connectivity index (χ1) is 8.17. The zero-order valence-electron chi connectivity index (χ0n) is 10.0. The van der Waals surface area contributed by atoms with E-state index < -0.39 is 37.1 Å². The number of carboxylic acids is 1. The van der Waals surface area contributed by atoms with Crippen LogP contribution in [0.25, 0.3) is 0 Å². The van der Waals surface area contributed by atoms with Gasteiger partial charge in [0.05, 0.1) is 12.5 Å². The van der Waals surface area contributed by atoms with Crippen molar-refractivity contribution < 1.29 is 27.9 Å². The Morgan fingerprint density at radius 3 is 2.33 bits per heavy atom. The molecule has 18 heavy (non-hydrogen) atoms. The average Bonchev–Trinajstić information content (AvgIpc) is 2.20. The number of halogens is 3. The minimum Gasteiger partial charge on any atom is -0.481 e. The van der Waals surface area contributed by atoms with Crippen LogP contribution < -0.4 is 5.73 Å². The molecule has 0 aliphatic heterocycles. The van der Waals surface area contributed by atoms with Gasteiger partial charge in [0.15, 0.2) is 0 Å². The standard InChI is InChI=1S/C10H17F3N2O3/c1-2-3-4-15(6-10(11,12)13)9(18)7(14)5-8(16)17/h7H,2-6,14H2,1H3,(H,16,17). The minimum atomic E-state index is -4.52. The van der Waals surface area contributed by atoms with Gasteiger partial charge >= 0.3 is 12.1 Å². The molecular formula is C10H17F3N2O3. The summed E-state index contributed by atoms with van der Waals surface area (Å²) in [6.07, 6.45) is -4.18. The molecule has 0 rings (SSSR count). The summed E-state index contributed by atoms with van der Waals surface area (Å²) < 4.78 is 36.8. The average molecular weight is 270 g/mol. The molecule has 3 N–H and O–H groups in total. The fraction of sp³-hybridized carbons (Fsp3) is 0.800. The van der Waals surface area contributed by atoms with Crippen molar-refractivity contribution in [2.75, 3.05) is 13.1 Å². The number of carbonyl (C=O) groups excluding carboxylic acids is 1. The number of unbranched alkanes of at least 4 members (excludes halogenated alkanes) is 1. The first-order valence-electron chi connectivity index (χ1n) is 5.50. The second kappa shape index (κ2) is 7.20. The number of carboxylic acid groups (broad SMARTS) is 1. The van der Waals surface area contributed by atoms with E-state index in [9.17, 15) is 22.8 Å². The maximum atomic E-state index is 12.3. The van der Waals surface area contributed by atoms with Gasteiger partial charge < -0.3 is 15.7 Å². The highest BCUT2D eigenvalue weighted by Gasteiger charge is 2.34. The number of rotatable bonds is 7. The van der Waals surface area contributed by atoms with Crippen LogP contribution in [0.2, 0.25) is 0 Å². The van der Waals surface area contributed by atoms with Gasteiger partial charge in [-0.2, -0.15) is 13.2 Å². The second-order valence-electron chi connectivity index (χ2n) is 3.93. The van der Waals surface area contributed by atoms with Crippen LogP contribution in [-0.2, 0) is 9.59 Å². The van der Waals surface area contributed by atoms with E-state index in [1.54, 1.807) is 6.92 Å². The van der Waals surface area contributed by atoms with Crippen LogP contribution in [0.15, 0.2) is 0 Å². The molecule has 0 radical (unpaired) electrons. The lowest BCUT2D eigenvalue weighted by molar-refractivity contribution is -0.162. The number of carbonyl (C=O) groups is 2. The van der Waals surface area contributed by atoms with E-state index in [1.165, 1.54) is 0 Å². The molecular weight excluding hydrogens is 253 g/mol. The van der Waals surface area contributed by atoms with Crippen molar-refractivity contribution in [3.8, 4) is 0 Å². The Morgan fingerprint density at radius 2 is 1.94 bits per heavy atom. The van der Waals surface area contributed by atoms with E-state index >= 15 is 0 Å². The van der Waals surface area contributed by atoms with Crippen LogP contribution in [-0.4, -0.2) is 47.2 Å². The van der Waals surface area contributed by atoms with Crippen LogP contribution in [0.3, 0.4) is 0 Å². The van der Waals surface area contributed by atoms with Gasteiger partial charge in [-0.3, -0.25) is 9.59 Å². The van der Waals surface area contributed by atoms with Crippen molar-refractivity contribution >= 4 is 11.9 Å². The van der Waals surface area contributed by atoms with Crippen molar-refractivity contribution in [2.24, 2.45) is 5.73 Å². The third-order valence-corrected chi connectivity index (χ3v) is 2.18. The number of hydrogen-bond acceptors (Lipinski definition) is 3. The van der Waals surface area contributed by atoms with Crippen molar-refractivity contribution in [3.63, 3.8) is 0 Å². The Morgan fingerprint density at radius 1 is 1.39 bits per heavy atom. The number of nitrogens with zero attached hydrogens (tertiary/aromatic N) is 1. The number of alkyl halides is 3. The topological polar surface area (TPSA) is 83.6 Å². The second-order valence-corrected chi connectivity index (χ2v) is 3.93. The molecule has 106 valence electrons. The van der Waals surface area contributed by atoms with Gasteiger partial charge in [0.2, 0.25) is 5.91 Å². The van der Waals surface area contributed by atoms with Gasteiger partial charge in [-0.1, -0.05) is 13.3 Å². The molecule has 1 atom stereocenters. The van der Waals surface area contributed by atoms with Gasteiger partial charge in [0.25, 0.3) is 0 Å². The van der Waals surface area contributed by atoms with E-state index in [-0.39, 0.29) is 6.54 Å². The number of amides is 1. The summed E-state index contributed by atoms with van der Waals surface area (Å²) in [6.45, 7) is 0.286. The molecule has 0 fully saturated rings. The Balaban J connectivity index is 4.62. The molecule has 1 unspecified atom stereocenters. The minimum absolute atomic E-state index is 0.0812. The lowest BCUT2D eigenvalue weighted by atomic mass is 10.2. The van der Waals surface area contributed by atoms with Crippen molar-refractivity contribution in [1.82, 2.24) is 4.90 Å². The SMILES string of the molecule is CCCCN(CC(F)(F)F)C(=O)C(N)CC(=O)O. The van der Waals surface area contributed by atoms with Crippen LogP contribution >= 0.6 is 0 Å². The summed E-state index contributed by atoms with van der Waals surface area (Å²) in [4.78, 5) is 22.5. The molecule has 0 aliphatic carbocycles. The van der Waals surface area contributed by atoms with Crippen LogP contribution in [0.4, 0.5) is 13.2 Å². The Bertz CT molecular complexity index is 295. The van der Waals surface area contributed by atoms with Gasteiger partial charge in [-0.15, -0.1) is 0 Å². The zero-order valence-corrected chi connectivity index (χ0v) is 10.0. The number of aliphatic carboxylic acids is 1. The molecule has 0 spiro atoms. The fourth-order valence-electron chi connectivity index (χ4n) is 1.34. The molecule has 0 aromatic heterocycles. The van der Waals surface area contributed by atoms with E-state index in [2.05, 4.69) is 0 Å². The summed E-state index contributed by atoms with van der Waals surface area (Å²) in [5.74, 6) is -2.30. The van der Waals surface area contributed by atoms with Crippen molar-refractivity contribution in [3.05, 3.63) is 0 Å². The maximum absolute atomic E-state index is 12.3. The monoisotopic (exact) mass is 270 g/mol. The first-order valence-corrected chi connectivity index (χ1v) is 5.50. The Kier molecular flexibility index (Phi) is 6.67. The predicted octanol–water partition coefficient (Wildman–Crippen LogP) is 0.979. The summed E-state index contributed by atoms with van der Waals surface area (Å²) in [5, 5.41) is 8.45. The smallest absolute Gasteiger partial charge is 0.406 e. The van der Waals surface area contributed by atoms with Crippen molar-refractivity contribution in [2.45, 2.75) is 38.4 Å². The van der Waals surface area contributed by atoms with Crippen LogP contribution in [0, 0.1) is 0 Å². The molecule has 0 aromatic carbocycles. The largest absolute Gasteiger partial charge is 0.481 e. The summed E-state index contributed by atoms with van der Waals surface area (Å²) in [5.41, 5.74) is 5.27. The van der Waals surface area contributed by atoms with E-state index in [1.807, 2.05) is 0 Å². The highest BCUT2D eigenvalue weighted by molar-refractivity contribution is 5.86. The highest BCUT2D eigenvalue weighted by Crippen LogP contribution is 2.17. The maximum Gasteiger partial charge on any atom is 0.406 e. The molecule has 0 aliphatic rings. The highest BCUT2D eigenvalue weighted by atomic mass is 19.4. The lowest BCUT2D eigenvalue weighted by Crippen LogP contribution is -2.48. The number of hydrogen-bond donors (Lipinski definition) is 2. The third-order valence-electron chi connectivity index (χ3n) is 2.18. The predicted molar refractivity (Wildman–Crippen MR) is 57.8 cm³/mol. The quantitative estimate of drug-likeness (QED) is 0.722. The molecule has 0 aromatic rings. The molecule has 0 bridgehead atoms. The molecule has 0 saturated carbocycles. The molecule has 0 heterocycles. The third kappa shape index (κ3) is 7.10. The van der Waals surface area contributed by atoms with Crippen LogP contribution in [0.1, 0.15) is 26.2 Å². The molecule has 0 saturated heterocycles. The van der Waals surface area contributed by atoms with Gasteiger partial charge in [0, 0.05) is 6.54 Å². The van der Waals surface area contributed by atoms with Crippen LogP contribution in [0.5, 0.6) is 0 Å². The first kappa shape index (κ1) is 16.7. The Hall–Kier alpha value is -1.31. The van der Waals surface area contributed by atoms with Gasteiger partial charge in [-0.05, 0) is 6.42 Å². The normalized spacial score (nSPS) is 13.2. The number of nitrogens with two attached hydrogens (primary N) is 1.